The van der Waals surface area contributed by atoms with Crippen molar-refractivity contribution in [1.29, 1.82) is 0 Å². The molecular formula is C28H24N4O7. The van der Waals surface area contributed by atoms with Gasteiger partial charge in [0.1, 0.15) is 11.8 Å². The standard InChI is InChI=1S/C28H24N4O7/c1-2-18-8-11-22(39-18)24(34)16-4-6-17(7-5-16)30-28(38)29-14-15-3-9-19-20(13-15)27(37)32(26(19)36)21-10-12-23(33)31-25(21)35/h3-9,11,13,21H,2,10,12,14H2,1H3,(H2,29,30,38)(H,31,33,35). The molecule has 6 amide bonds. The Morgan fingerprint density at radius 1 is 0.974 bits per heavy atom. The highest BCUT2D eigenvalue weighted by molar-refractivity contribution is 6.23. The highest BCUT2D eigenvalue weighted by Crippen LogP contribution is 2.28. The summed E-state index contributed by atoms with van der Waals surface area (Å²) in [6.07, 6.45) is 0.797. The summed E-state index contributed by atoms with van der Waals surface area (Å²) < 4.78 is 5.50. The molecule has 0 spiro atoms. The van der Waals surface area contributed by atoms with Crippen molar-refractivity contribution in [1.82, 2.24) is 15.5 Å². The third kappa shape index (κ3) is 5.06. The summed E-state index contributed by atoms with van der Waals surface area (Å²) in [4.78, 5) is 75.3. The molecule has 2 aromatic carbocycles. The first kappa shape index (κ1) is 25.6. The van der Waals surface area contributed by atoms with E-state index in [1.54, 1.807) is 42.5 Å². The number of urea groups is 1. The lowest BCUT2D eigenvalue weighted by atomic mass is 10.0. The quantitative estimate of drug-likeness (QED) is 0.315. The number of furan rings is 1. The largest absolute Gasteiger partial charge is 0.458 e. The molecule has 0 aliphatic carbocycles. The van der Waals surface area contributed by atoms with Crippen LogP contribution in [-0.4, -0.2) is 46.4 Å². The van der Waals surface area contributed by atoms with Gasteiger partial charge in [-0.25, -0.2) is 4.79 Å². The van der Waals surface area contributed by atoms with E-state index in [9.17, 15) is 28.8 Å². The van der Waals surface area contributed by atoms with E-state index in [4.69, 9.17) is 4.42 Å². The summed E-state index contributed by atoms with van der Waals surface area (Å²) in [5.74, 6) is -1.62. The highest BCUT2D eigenvalue weighted by atomic mass is 16.3. The van der Waals surface area contributed by atoms with E-state index in [2.05, 4.69) is 16.0 Å². The molecule has 5 rings (SSSR count). The van der Waals surface area contributed by atoms with Crippen LogP contribution < -0.4 is 16.0 Å². The van der Waals surface area contributed by atoms with Crippen LogP contribution >= 0.6 is 0 Å². The average Bonchev–Trinajstić information content (AvgIpc) is 3.51. The molecule has 198 valence electrons. The van der Waals surface area contributed by atoms with Crippen molar-refractivity contribution in [3.05, 3.63) is 88.4 Å². The lowest BCUT2D eigenvalue weighted by Crippen LogP contribution is -2.54. The predicted octanol–water partition coefficient (Wildman–Crippen LogP) is 2.80. The molecule has 1 unspecified atom stereocenters. The molecule has 1 fully saturated rings. The van der Waals surface area contributed by atoms with Gasteiger partial charge in [0.25, 0.3) is 11.8 Å². The second-order valence-electron chi connectivity index (χ2n) is 9.16. The van der Waals surface area contributed by atoms with Gasteiger partial charge in [0.15, 0.2) is 5.76 Å². The number of carbonyl (C=O) groups is 6. The normalized spacial score (nSPS) is 16.6. The summed E-state index contributed by atoms with van der Waals surface area (Å²) in [7, 11) is 0. The number of hydrogen-bond donors (Lipinski definition) is 3. The van der Waals surface area contributed by atoms with Crippen LogP contribution in [0.3, 0.4) is 0 Å². The maximum absolute atomic E-state index is 13.0. The van der Waals surface area contributed by atoms with Crippen LogP contribution in [0.4, 0.5) is 10.5 Å². The number of carbonyl (C=O) groups excluding carboxylic acids is 6. The van der Waals surface area contributed by atoms with Gasteiger partial charge in [0.2, 0.25) is 17.6 Å². The van der Waals surface area contributed by atoms with Crippen molar-refractivity contribution >= 4 is 41.1 Å². The first-order chi connectivity index (χ1) is 18.7. The molecular weight excluding hydrogens is 504 g/mol. The van der Waals surface area contributed by atoms with Crippen LogP contribution in [0.2, 0.25) is 0 Å². The Bertz CT molecular complexity index is 1520. The number of nitrogens with zero attached hydrogens (tertiary/aromatic N) is 1. The number of amides is 6. The number of piperidine rings is 1. The predicted molar refractivity (Wildman–Crippen MR) is 137 cm³/mol. The molecule has 0 saturated carbocycles. The molecule has 1 atom stereocenters. The molecule has 39 heavy (non-hydrogen) atoms. The van der Waals surface area contributed by atoms with Crippen molar-refractivity contribution in [3.63, 3.8) is 0 Å². The Labute approximate surface area is 222 Å². The fourth-order valence-corrected chi connectivity index (χ4v) is 4.52. The molecule has 2 aliphatic rings. The van der Waals surface area contributed by atoms with Crippen molar-refractivity contribution in [2.75, 3.05) is 5.32 Å². The highest BCUT2D eigenvalue weighted by Gasteiger charge is 2.44. The first-order valence-electron chi connectivity index (χ1n) is 12.4. The van der Waals surface area contributed by atoms with E-state index < -0.39 is 35.7 Å². The van der Waals surface area contributed by atoms with Crippen LogP contribution in [0.25, 0.3) is 0 Å². The van der Waals surface area contributed by atoms with E-state index in [0.717, 1.165) is 10.7 Å². The monoisotopic (exact) mass is 528 g/mol. The number of aryl methyl sites for hydroxylation is 1. The van der Waals surface area contributed by atoms with Crippen LogP contribution in [0.15, 0.2) is 59.0 Å². The van der Waals surface area contributed by atoms with E-state index >= 15 is 0 Å². The summed E-state index contributed by atoms with van der Waals surface area (Å²) in [5.41, 5.74) is 1.75. The molecule has 2 aliphatic heterocycles. The summed E-state index contributed by atoms with van der Waals surface area (Å²) in [5, 5.41) is 7.51. The number of fused-ring (bicyclic) bond motifs is 1. The van der Waals surface area contributed by atoms with Crippen molar-refractivity contribution in [2.24, 2.45) is 0 Å². The summed E-state index contributed by atoms with van der Waals surface area (Å²) in [6.45, 7) is 1.99. The Morgan fingerprint density at radius 3 is 2.41 bits per heavy atom. The van der Waals surface area contributed by atoms with Crippen LogP contribution in [0, 0.1) is 0 Å². The van der Waals surface area contributed by atoms with Crippen LogP contribution in [0.5, 0.6) is 0 Å². The van der Waals surface area contributed by atoms with Gasteiger partial charge in [-0.15, -0.1) is 0 Å². The molecule has 11 heteroatoms. The third-order valence-corrected chi connectivity index (χ3v) is 6.60. The molecule has 3 heterocycles. The SMILES string of the molecule is CCc1ccc(C(=O)c2ccc(NC(=O)NCc3ccc4c(c3)C(=O)N(C3CCC(=O)NC3=O)C4=O)cc2)o1. The molecule has 11 nitrogen and oxygen atoms in total. The third-order valence-electron chi connectivity index (χ3n) is 6.60. The maximum atomic E-state index is 13.0. The molecule has 0 radical (unpaired) electrons. The minimum Gasteiger partial charge on any atom is -0.458 e. The van der Waals surface area contributed by atoms with Gasteiger partial charge in [0, 0.05) is 30.6 Å². The van der Waals surface area contributed by atoms with Gasteiger partial charge in [0.05, 0.1) is 11.1 Å². The van der Waals surface area contributed by atoms with Gasteiger partial charge in [-0.3, -0.25) is 34.2 Å². The molecule has 3 aromatic rings. The maximum Gasteiger partial charge on any atom is 0.319 e. The Morgan fingerprint density at radius 2 is 1.72 bits per heavy atom. The van der Waals surface area contributed by atoms with Gasteiger partial charge in [-0.2, -0.15) is 0 Å². The number of benzene rings is 2. The van der Waals surface area contributed by atoms with E-state index in [1.165, 1.54) is 12.1 Å². The number of nitrogens with one attached hydrogen (secondary N) is 3. The smallest absolute Gasteiger partial charge is 0.319 e. The average molecular weight is 529 g/mol. The molecule has 1 saturated heterocycles. The zero-order chi connectivity index (χ0) is 27.7. The van der Waals surface area contributed by atoms with Crippen LogP contribution in [0.1, 0.15) is 67.9 Å². The van der Waals surface area contributed by atoms with Crippen molar-refractivity contribution in [2.45, 2.75) is 38.8 Å². The Hall–Kier alpha value is -5.06. The lowest BCUT2D eigenvalue weighted by Gasteiger charge is -2.27. The number of ketones is 1. The minimum absolute atomic E-state index is 0.0386. The zero-order valence-corrected chi connectivity index (χ0v) is 20.9. The number of rotatable bonds is 7. The first-order valence-corrected chi connectivity index (χ1v) is 12.4. The van der Waals surface area contributed by atoms with Crippen molar-refractivity contribution in [3.8, 4) is 0 Å². The Balaban J connectivity index is 1.18. The van der Waals surface area contributed by atoms with Gasteiger partial charge in [-0.1, -0.05) is 13.0 Å². The molecule has 3 N–H and O–H groups in total. The van der Waals surface area contributed by atoms with E-state index in [-0.39, 0.29) is 42.1 Å². The number of anilines is 1. The second kappa shape index (κ2) is 10.4. The fourth-order valence-electron chi connectivity index (χ4n) is 4.52. The minimum atomic E-state index is -1.04. The van der Waals surface area contributed by atoms with Gasteiger partial charge >= 0.3 is 6.03 Å². The lowest BCUT2D eigenvalue weighted by molar-refractivity contribution is -0.136. The Kier molecular flexibility index (Phi) is 6.80. The number of imide groups is 2. The summed E-state index contributed by atoms with van der Waals surface area (Å²) >= 11 is 0. The second-order valence-corrected chi connectivity index (χ2v) is 9.16. The molecule has 1 aromatic heterocycles. The van der Waals surface area contributed by atoms with E-state index in [0.29, 0.717) is 23.2 Å². The topological polar surface area (TPSA) is 155 Å². The number of hydrogen-bond acceptors (Lipinski definition) is 7. The van der Waals surface area contributed by atoms with Crippen LogP contribution in [-0.2, 0) is 22.6 Å². The zero-order valence-electron chi connectivity index (χ0n) is 20.9. The molecule has 0 bridgehead atoms. The van der Waals surface area contributed by atoms with Crippen molar-refractivity contribution < 1.29 is 33.2 Å². The van der Waals surface area contributed by atoms with E-state index in [1.807, 2.05) is 6.92 Å². The fraction of sp³-hybridized carbons (Fsp3) is 0.214. The van der Waals surface area contributed by atoms with Gasteiger partial charge in [-0.05, 0) is 60.5 Å². The summed E-state index contributed by atoms with van der Waals surface area (Å²) in [6, 6.07) is 12.8. The van der Waals surface area contributed by atoms with Gasteiger partial charge < -0.3 is 15.1 Å².